The maximum Gasteiger partial charge on any atom is 0.190 e. The van der Waals surface area contributed by atoms with Crippen LogP contribution in [0.15, 0.2) is 29.3 Å². The molecule has 0 amide bonds. The number of nitrogens with zero attached hydrogens (tertiary/aromatic N) is 2. The van der Waals surface area contributed by atoms with Gasteiger partial charge in [-0.2, -0.15) is 0 Å². The first-order valence-electron chi connectivity index (χ1n) is 6.31. The third-order valence-electron chi connectivity index (χ3n) is 3.03. The molecule has 106 valence electrons. The minimum Gasteiger partial charge on any atom is -0.497 e. The van der Waals surface area contributed by atoms with Crippen LogP contribution >= 0.6 is 0 Å². The van der Waals surface area contributed by atoms with Gasteiger partial charge in [0.1, 0.15) is 5.75 Å². The van der Waals surface area contributed by atoms with Gasteiger partial charge in [-0.15, -0.1) is 0 Å². The largest absolute Gasteiger partial charge is 0.497 e. The van der Waals surface area contributed by atoms with E-state index in [0.29, 0.717) is 0 Å². The molecule has 0 fully saturated rings. The van der Waals surface area contributed by atoms with Crippen molar-refractivity contribution in [2.45, 2.75) is 6.04 Å². The van der Waals surface area contributed by atoms with E-state index < -0.39 is 0 Å². The standard InChI is InChI=1S/C14H24N4O/c1-15-14(16-2)17-10-13(18(3)4)11-7-6-8-12(9-11)19-5/h6-9,13H,10H2,1-5H3,(H2,15,16,17). The summed E-state index contributed by atoms with van der Waals surface area (Å²) in [5.74, 6) is 1.66. The van der Waals surface area contributed by atoms with Gasteiger partial charge in [-0.3, -0.25) is 4.99 Å². The number of hydrogen-bond donors (Lipinski definition) is 2. The Morgan fingerprint density at radius 2 is 2.16 bits per heavy atom. The molecule has 1 unspecified atom stereocenters. The molecule has 5 heteroatoms. The van der Waals surface area contributed by atoms with Gasteiger partial charge in [0.15, 0.2) is 5.96 Å². The Morgan fingerprint density at radius 1 is 1.42 bits per heavy atom. The summed E-state index contributed by atoms with van der Waals surface area (Å²) in [5, 5.41) is 6.31. The average molecular weight is 264 g/mol. The lowest BCUT2D eigenvalue weighted by atomic mass is 10.1. The number of rotatable bonds is 5. The van der Waals surface area contributed by atoms with Crippen molar-refractivity contribution < 1.29 is 4.74 Å². The van der Waals surface area contributed by atoms with Crippen molar-refractivity contribution in [1.29, 1.82) is 0 Å². The van der Waals surface area contributed by atoms with E-state index in [4.69, 9.17) is 4.74 Å². The van der Waals surface area contributed by atoms with E-state index in [2.05, 4.69) is 46.8 Å². The highest BCUT2D eigenvalue weighted by Gasteiger charge is 2.15. The van der Waals surface area contributed by atoms with Gasteiger partial charge in [-0.1, -0.05) is 12.1 Å². The number of hydrogen-bond acceptors (Lipinski definition) is 3. The zero-order valence-corrected chi connectivity index (χ0v) is 12.4. The fraction of sp³-hybridized carbons (Fsp3) is 0.500. The molecule has 5 nitrogen and oxygen atoms in total. The third kappa shape index (κ3) is 4.44. The second-order valence-corrected chi connectivity index (χ2v) is 4.46. The average Bonchev–Trinajstić information content (AvgIpc) is 2.43. The van der Waals surface area contributed by atoms with Crippen LogP contribution in [0, 0.1) is 0 Å². The Labute approximate surface area is 115 Å². The van der Waals surface area contributed by atoms with E-state index in [1.807, 2.05) is 19.2 Å². The first-order chi connectivity index (χ1) is 9.12. The molecule has 0 aliphatic heterocycles. The van der Waals surface area contributed by atoms with Gasteiger partial charge in [0, 0.05) is 20.6 Å². The highest BCUT2D eigenvalue weighted by atomic mass is 16.5. The predicted molar refractivity (Wildman–Crippen MR) is 79.8 cm³/mol. The zero-order valence-electron chi connectivity index (χ0n) is 12.4. The van der Waals surface area contributed by atoms with E-state index >= 15 is 0 Å². The molecule has 0 spiro atoms. The summed E-state index contributed by atoms with van der Waals surface area (Å²) in [6, 6.07) is 8.39. The van der Waals surface area contributed by atoms with E-state index in [0.717, 1.165) is 18.3 Å². The highest BCUT2D eigenvalue weighted by Crippen LogP contribution is 2.21. The van der Waals surface area contributed by atoms with Crippen molar-refractivity contribution in [3.05, 3.63) is 29.8 Å². The predicted octanol–water partition coefficient (Wildman–Crippen LogP) is 1.09. The molecule has 0 radical (unpaired) electrons. The van der Waals surface area contributed by atoms with Crippen LogP contribution in [0.4, 0.5) is 0 Å². The summed E-state index contributed by atoms with van der Waals surface area (Å²) in [6.07, 6.45) is 0. The van der Waals surface area contributed by atoms with Gasteiger partial charge in [0.05, 0.1) is 13.2 Å². The fourth-order valence-corrected chi connectivity index (χ4v) is 1.92. The van der Waals surface area contributed by atoms with Crippen LogP contribution in [-0.2, 0) is 0 Å². The topological polar surface area (TPSA) is 48.9 Å². The number of ether oxygens (including phenoxy) is 1. The number of guanidine groups is 1. The van der Waals surface area contributed by atoms with Crippen LogP contribution in [0.5, 0.6) is 5.75 Å². The lowest BCUT2D eigenvalue weighted by Gasteiger charge is -2.26. The fourth-order valence-electron chi connectivity index (χ4n) is 1.92. The Hall–Kier alpha value is -1.75. The Balaban J connectivity index is 2.82. The molecule has 2 N–H and O–H groups in total. The van der Waals surface area contributed by atoms with Crippen LogP contribution in [0.1, 0.15) is 11.6 Å². The molecule has 1 aromatic carbocycles. The second-order valence-electron chi connectivity index (χ2n) is 4.46. The van der Waals surface area contributed by atoms with E-state index in [9.17, 15) is 0 Å². The van der Waals surface area contributed by atoms with Gasteiger partial charge in [0.25, 0.3) is 0 Å². The summed E-state index contributed by atoms with van der Waals surface area (Å²) in [4.78, 5) is 6.29. The van der Waals surface area contributed by atoms with Crippen LogP contribution < -0.4 is 15.4 Å². The molecule has 0 saturated heterocycles. The van der Waals surface area contributed by atoms with Crippen LogP contribution in [0.3, 0.4) is 0 Å². The summed E-state index contributed by atoms with van der Waals surface area (Å²) < 4.78 is 5.28. The summed E-state index contributed by atoms with van der Waals surface area (Å²) >= 11 is 0. The number of nitrogens with one attached hydrogen (secondary N) is 2. The van der Waals surface area contributed by atoms with E-state index in [-0.39, 0.29) is 6.04 Å². The van der Waals surface area contributed by atoms with E-state index in [1.54, 1.807) is 14.2 Å². The smallest absolute Gasteiger partial charge is 0.190 e. The van der Waals surface area contributed by atoms with Crippen molar-refractivity contribution in [2.75, 3.05) is 41.8 Å². The number of methoxy groups -OCH3 is 1. The maximum absolute atomic E-state index is 5.28. The first kappa shape index (κ1) is 15.3. The number of aliphatic imine (C=N–C) groups is 1. The minimum atomic E-state index is 0.250. The van der Waals surface area contributed by atoms with E-state index in [1.165, 1.54) is 5.56 Å². The zero-order chi connectivity index (χ0) is 14.3. The lowest BCUT2D eigenvalue weighted by Crippen LogP contribution is -2.40. The van der Waals surface area contributed by atoms with Crippen molar-refractivity contribution in [1.82, 2.24) is 15.5 Å². The second kappa shape index (κ2) is 7.63. The summed E-state index contributed by atoms with van der Waals surface area (Å²) in [5.41, 5.74) is 1.21. The molecule has 0 bridgehead atoms. The molecule has 1 rings (SSSR count). The number of benzene rings is 1. The molecule has 0 heterocycles. The lowest BCUT2D eigenvalue weighted by molar-refractivity contribution is 0.297. The maximum atomic E-state index is 5.28. The van der Waals surface area contributed by atoms with Crippen molar-refractivity contribution in [2.24, 2.45) is 4.99 Å². The molecule has 0 aliphatic rings. The Kier molecular flexibility index (Phi) is 6.15. The molecular formula is C14H24N4O. The Bertz CT molecular complexity index is 418. The van der Waals surface area contributed by atoms with Crippen LogP contribution in [0.2, 0.25) is 0 Å². The minimum absolute atomic E-state index is 0.250. The molecule has 0 aromatic heterocycles. The molecule has 0 aliphatic carbocycles. The van der Waals surface area contributed by atoms with Gasteiger partial charge < -0.3 is 20.3 Å². The normalized spacial score (nSPS) is 13.3. The van der Waals surface area contributed by atoms with Gasteiger partial charge in [-0.05, 0) is 31.8 Å². The monoisotopic (exact) mass is 264 g/mol. The van der Waals surface area contributed by atoms with Crippen LogP contribution in [-0.4, -0.2) is 52.7 Å². The van der Waals surface area contributed by atoms with Crippen molar-refractivity contribution in [3.63, 3.8) is 0 Å². The van der Waals surface area contributed by atoms with Gasteiger partial charge in [0.2, 0.25) is 0 Å². The third-order valence-corrected chi connectivity index (χ3v) is 3.03. The number of likely N-dealkylation sites (N-methyl/N-ethyl adjacent to an activating group) is 1. The Morgan fingerprint density at radius 3 is 2.68 bits per heavy atom. The highest BCUT2D eigenvalue weighted by molar-refractivity contribution is 5.79. The van der Waals surface area contributed by atoms with Crippen LogP contribution in [0.25, 0.3) is 0 Å². The SMILES string of the molecule is CN=C(NC)NCC(c1cccc(OC)c1)N(C)C. The summed E-state index contributed by atoms with van der Waals surface area (Å²) in [7, 11) is 9.42. The quantitative estimate of drug-likeness (QED) is 0.617. The van der Waals surface area contributed by atoms with Crippen molar-refractivity contribution >= 4 is 5.96 Å². The molecule has 19 heavy (non-hydrogen) atoms. The molecule has 0 saturated carbocycles. The first-order valence-corrected chi connectivity index (χ1v) is 6.31. The summed E-state index contributed by atoms with van der Waals surface area (Å²) in [6.45, 7) is 0.772. The van der Waals surface area contributed by atoms with Crippen molar-refractivity contribution in [3.8, 4) is 5.75 Å². The van der Waals surface area contributed by atoms with Gasteiger partial charge in [-0.25, -0.2) is 0 Å². The molecule has 1 atom stereocenters. The molecular weight excluding hydrogens is 240 g/mol. The van der Waals surface area contributed by atoms with Gasteiger partial charge >= 0.3 is 0 Å². The molecule has 1 aromatic rings.